The molecule has 1 amide bonds. The molecule has 1 aliphatic carbocycles. The predicted octanol–water partition coefficient (Wildman–Crippen LogP) is 3.96. The van der Waals surface area contributed by atoms with E-state index >= 15 is 0 Å². The van der Waals surface area contributed by atoms with Gasteiger partial charge in [0.15, 0.2) is 0 Å². The van der Waals surface area contributed by atoms with Crippen molar-refractivity contribution in [3.8, 4) is 0 Å². The first-order valence-electron chi connectivity index (χ1n) is 9.50. The Labute approximate surface area is 145 Å². The summed E-state index contributed by atoms with van der Waals surface area (Å²) in [7, 11) is 0. The van der Waals surface area contributed by atoms with Crippen LogP contribution in [0.3, 0.4) is 0 Å². The summed E-state index contributed by atoms with van der Waals surface area (Å²) in [5.41, 5.74) is 1.02. The molecular weight excluding hydrogens is 300 g/mol. The Bertz CT molecular complexity index is 500. The fraction of sp³-hybridized carbons (Fsp3) is 0.650. The molecule has 1 aromatic carbocycles. The van der Waals surface area contributed by atoms with Crippen LogP contribution >= 0.6 is 0 Å². The van der Waals surface area contributed by atoms with Crippen LogP contribution in [0.4, 0.5) is 4.79 Å². The van der Waals surface area contributed by atoms with Gasteiger partial charge in [-0.25, -0.2) is 4.79 Å². The third-order valence-corrected chi connectivity index (χ3v) is 5.41. The molecule has 1 atom stereocenters. The molecule has 24 heavy (non-hydrogen) atoms. The number of hydrogen-bond acceptors (Lipinski definition) is 3. The highest BCUT2D eigenvalue weighted by molar-refractivity contribution is 5.67. The maximum atomic E-state index is 11.9. The van der Waals surface area contributed by atoms with Gasteiger partial charge in [-0.1, -0.05) is 49.6 Å². The summed E-state index contributed by atoms with van der Waals surface area (Å²) >= 11 is 0. The first-order chi connectivity index (χ1) is 11.8. The summed E-state index contributed by atoms with van der Waals surface area (Å²) in [4.78, 5) is 14.5. The van der Waals surface area contributed by atoms with Gasteiger partial charge in [-0.15, -0.1) is 0 Å². The zero-order chi connectivity index (χ0) is 16.6. The molecule has 0 unspecified atom stereocenters. The number of nitrogens with one attached hydrogen (secondary N) is 1. The number of rotatable bonds is 6. The third kappa shape index (κ3) is 5.23. The fourth-order valence-corrected chi connectivity index (χ4v) is 4.04. The molecule has 0 spiro atoms. The monoisotopic (exact) mass is 330 g/mol. The molecule has 1 N–H and O–H groups in total. The van der Waals surface area contributed by atoms with Gasteiger partial charge in [0.1, 0.15) is 6.61 Å². The third-order valence-electron chi connectivity index (χ3n) is 5.41. The van der Waals surface area contributed by atoms with Crippen molar-refractivity contribution in [2.24, 2.45) is 5.92 Å². The van der Waals surface area contributed by atoms with Crippen molar-refractivity contribution in [3.05, 3.63) is 35.9 Å². The minimum atomic E-state index is -0.302. The second-order valence-electron chi connectivity index (χ2n) is 7.24. The van der Waals surface area contributed by atoms with Gasteiger partial charge in [-0.2, -0.15) is 0 Å². The molecule has 4 heteroatoms. The molecule has 1 aromatic rings. The van der Waals surface area contributed by atoms with E-state index < -0.39 is 0 Å². The Hall–Kier alpha value is -1.55. The van der Waals surface area contributed by atoms with E-state index in [1.165, 1.54) is 58.0 Å². The van der Waals surface area contributed by atoms with E-state index in [2.05, 4.69) is 10.2 Å². The number of likely N-dealkylation sites (tertiary alicyclic amines) is 1. The summed E-state index contributed by atoms with van der Waals surface area (Å²) in [5, 5.41) is 2.96. The van der Waals surface area contributed by atoms with E-state index in [4.69, 9.17) is 4.74 Å². The van der Waals surface area contributed by atoms with E-state index in [1.54, 1.807) is 0 Å². The Kier molecular flexibility index (Phi) is 6.53. The highest BCUT2D eigenvalue weighted by atomic mass is 16.5. The van der Waals surface area contributed by atoms with Gasteiger partial charge in [0, 0.05) is 19.1 Å². The molecular formula is C20H30N2O2. The molecule has 2 aliphatic rings. The van der Waals surface area contributed by atoms with Crippen molar-refractivity contribution in [3.63, 3.8) is 0 Å². The zero-order valence-electron chi connectivity index (χ0n) is 14.6. The SMILES string of the molecule is O=C(NC[C@@H]1CCCN1CC1CCCCC1)OCc1ccccc1. The zero-order valence-corrected chi connectivity index (χ0v) is 14.6. The number of alkyl carbamates (subject to hydrolysis) is 1. The summed E-state index contributed by atoms with van der Waals surface area (Å²) in [6.07, 6.45) is 9.10. The predicted molar refractivity (Wildman–Crippen MR) is 95.8 cm³/mol. The highest BCUT2D eigenvalue weighted by Crippen LogP contribution is 2.27. The van der Waals surface area contributed by atoms with Crippen molar-refractivity contribution in [1.29, 1.82) is 0 Å². The molecule has 132 valence electrons. The lowest BCUT2D eigenvalue weighted by Crippen LogP contribution is -2.42. The minimum Gasteiger partial charge on any atom is -0.445 e. The van der Waals surface area contributed by atoms with Crippen molar-refractivity contribution in [2.75, 3.05) is 19.6 Å². The van der Waals surface area contributed by atoms with Crippen molar-refractivity contribution in [1.82, 2.24) is 10.2 Å². The van der Waals surface area contributed by atoms with Crippen molar-refractivity contribution < 1.29 is 9.53 Å². The summed E-state index contributed by atoms with van der Waals surface area (Å²) in [5.74, 6) is 0.865. The van der Waals surface area contributed by atoms with Gasteiger partial charge in [0.05, 0.1) is 0 Å². The van der Waals surface area contributed by atoms with Crippen LogP contribution in [0, 0.1) is 5.92 Å². The maximum absolute atomic E-state index is 11.9. The van der Waals surface area contributed by atoms with Gasteiger partial charge in [-0.3, -0.25) is 4.90 Å². The van der Waals surface area contributed by atoms with Gasteiger partial charge >= 0.3 is 6.09 Å². The smallest absolute Gasteiger partial charge is 0.407 e. The lowest BCUT2D eigenvalue weighted by Gasteiger charge is -2.31. The number of benzene rings is 1. The average Bonchev–Trinajstić information content (AvgIpc) is 3.07. The summed E-state index contributed by atoms with van der Waals surface area (Å²) in [6.45, 7) is 3.44. The van der Waals surface area contributed by atoms with Crippen LogP contribution in [-0.4, -0.2) is 36.7 Å². The fourth-order valence-electron chi connectivity index (χ4n) is 4.04. The molecule has 3 rings (SSSR count). The second-order valence-corrected chi connectivity index (χ2v) is 7.24. The number of amides is 1. The van der Waals surface area contributed by atoms with Crippen LogP contribution in [0.15, 0.2) is 30.3 Å². The first kappa shape index (κ1) is 17.3. The van der Waals surface area contributed by atoms with Crippen LogP contribution in [-0.2, 0) is 11.3 Å². The van der Waals surface area contributed by atoms with Crippen LogP contribution in [0.25, 0.3) is 0 Å². The first-order valence-corrected chi connectivity index (χ1v) is 9.50. The van der Waals surface area contributed by atoms with Gasteiger partial charge in [0.25, 0.3) is 0 Å². The van der Waals surface area contributed by atoms with Crippen LogP contribution in [0.1, 0.15) is 50.5 Å². The van der Waals surface area contributed by atoms with E-state index in [0.717, 1.165) is 11.5 Å². The number of carbonyl (C=O) groups is 1. The largest absolute Gasteiger partial charge is 0.445 e. The lowest BCUT2D eigenvalue weighted by atomic mass is 9.89. The molecule has 4 nitrogen and oxygen atoms in total. The highest BCUT2D eigenvalue weighted by Gasteiger charge is 2.27. The van der Waals surface area contributed by atoms with Crippen molar-refractivity contribution >= 4 is 6.09 Å². The Morgan fingerprint density at radius 3 is 2.67 bits per heavy atom. The van der Waals surface area contributed by atoms with Gasteiger partial charge in [-0.05, 0) is 43.7 Å². The van der Waals surface area contributed by atoms with E-state index in [0.29, 0.717) is 19.2 Å². The van der Waals surface area contributed by atoms with Crippen LogP contribution in [0.5, 0.6) is 0 Å². The van der Waals surface area contributed by atoms with E-state index in [-0.39, 0.29) is 6.09 Å². The summed E-state index contributed by atoms with van der Waals surface area (Å²) in [6, 6.07) is 10.3. The topological polar surface area (TPSA) is 41.6 Å². The molecule has 2 fully saturated rings. The molecule has 1 saturated carbocycles. The Morgan fingerprint density at radius 1 is 1.08 bits per heavy atom. The quantitative estimate of drug-likeness (QED) is 0.858. The van der Waals surface area contributed by atoms with E-state index in [9.17, 15) is 4.79 Å². The minimum absolute atomic E-state index is 0.302. The molecule has 1 heterocycles. The second kappa shape index (κ2) is 9.07. The lowest BCUT2D eigenvalue weighted by molar-refractivity contribution is 0.133. The average molecular weight is 330 g/mol. The number of nitrogens with zero attached hydrogens (tertiary/aromatic N) is 1. The molecule has 0 radical (unpaired) electrons. The van der Waals surface area contributed by atoms with Gasteiger partial charge < -0.3 is 10.1 Å². The molecule has 0 bridgehead atoms. The number of hydrogen-bond donors (Lipinski definition) is 1. The van der Waals surface area contributed by atoms with Crippen LogP contribution < -0.4 is 5.32 Å². The summed E-state index contributed by atoms with van der Waals surface area (Å²) < 4.78 is 5.30. The van der Waals surface area contributed by atoms with Gasteiger partial charge in [0.2, 0.25) is 0 Å². The van der Waals surface area contributed by atoms with Crippen LogP contribution in [0.2, 0.25) is 0 Å². The number of carbonyl (C=O) groups excluding carboxylic acids is 1. The number of ether oxygens (including phenoxy) is 1. The molecule has 0 aromatic heterocycles. The van der Waals surface area contributed by atoms with Crippen molar-refractivity contribution in [2.45, 2.75) is 57.6 Å². The van der Waals surface area contributed by atoms with E-state index in [1.807, 2.05) is 30.3 Å². The molecule has 1 aliphatic heterocycles. The Balaban J connectivity index is 1.37. The maximum Gasteiger partial charge on any atom is 0.407 e. The standard InChI is InChI=1S/C20H30N2O2/c23-20(24-16-18-10-5-2-6-11-18)21-14-19-12-7-13-22(19)15-17-8-3-1-4-9-17/h2,5-6,10-11,17,19H,1,3-4,7-9,12-16H2,(H,21,23)/t19-/m0/s1. The molecule has 1 saturated heterocycles. The Morgan fingerprint density at radius 2 is 1.88 bits per heavy atom. The normalized spacial score (nSPS) is 22.4.